The first-order valence-corrected chi connectivity index (χ1v) is 4.37. The maximum absolute atomic E-state index is 11.0. The van der Waals surface area contributed by atoms with Crippen LogP contribution in [0.2, 0.25) is 0 Å². The molecule has 2 aromatic rings. The van der Waals surface area contributed by atoms with Crippen LogP contribution in [-0.2, 0) is 0 Å². The van der Waals surface area contributed by atoms with Crippen molar-refractivity contribution in [2.75, 3.05) is 0 Å². The first-order chi connectivity index (χ1) is 7.22. The van der Waals surface area contributed by atoms with E-state index < -0.39 is 5.91 Å². The van der Waals surface area contributed by atoms with Crippen molar-refractivity contribution in [3.8, 4) is 0 Å². The first-order valence-electron chi connectivity index (χ1n) is 4.37. The molecule has 0 bridgehead atoms. The molecule has 2 N–H and O–H groups in total. The third-order valence-corrected chi connectivity index (χ3v) is 2.13. The van der Waals surface area contributed by atoms with Crippen molar-refractivity contribution in [3.05, 3.63) is 41.6 Å². The number of benzene rings is 1. The van der Waals surface area contributed by atoms with Crippen LogP contribution >= 0.6 is 0 Å². The Bertz CT molecular complexity index is 549. The number of carbonyl (C=O) groups is 2. The highest BCUT2D eigenvalue weighted by molar-refractivity contribution is 6.01. The Morgan fingerprint density at radius 1 is 1.33 bits per heavy atom. The van der Waals surface area contributed by atoms with Crippen molar-refractivity contribution in [3.63, 3.8) is 0 Å². The lowest BCUT2D eigenvalue weighted by atomic mass is 10.1. The van der Waals surface area contributed by atoms with Crippen molar-refractivity contribution in [2.45, 2.75) is 0 Å². The van der Waals surface area contributed by atoms with E-state index in [1.807, 2.05) is 0 Å². The lowest BCUT2D eigenvalue weighted by Gasteiger charge is -2.02. The van der Waals surface area contributed by atoms with Gasteiger partial charge in [-0.25, -0.2) is 4.98 Å². The van der Waals surface area contributed by atoms with Gasteiger partial charge in [0.15, 0.2) is 6.29 Å². The van der Waals surface area contributed by atoms with Crippen LogP contribution in [0.15, 0.2) is 30.3 Å². The summed E-state index contributed by atoms with van der Waals surface area (Å²) in [6.45, 7) is 0. The van der Waals surface area contributed by atoms with Gasteiger partial charge in [-0.15, -0.1) is 0 Å². The Morgan fingerprint density at radius 3 is 2.73 bits per heavy atom. The molecule has 0 spiro atoms. The normalized spacial score (nSPS) is 10.1. The fraction of sp³-hybridized carbons (Fsp3) is 0. The quantitative estimate of drug-likeness (QED) is 0.739. The van der Waals surface area contributed by atoms with E-state index >= 15 is 0 Å². The second-order valence-corrected chi connectivity index (χ2v) is 3.10. The number of carbonyl (C=O) groups excluding carboxylic acids is 2. The zero-order chi connectivity index (χ0) is 10.8. The molecule has 0 fully saturated rings. The maximum atomic E-state index is 11.0. The van der Waals surface area contributed by atoms with Crippen LogP contribution < -0.4 is 5.73 Å². The van der Waals surface area contributed by atoms with Crippen molar-refractivity contribution in [1.82, 2.24) is 4.98 Å². The monoisotopic (exact) mass is 200 g/mol. The number of primary amides is 1. The summed E-state index contributed by atoms with van der Waals surface area (Å²) in [5.41, 5.74) is 6.24. The van der Waals surface area contributed by atoms with Gasteiger partial charge in [0.25, 0.3) is 5.91 Å². The number of amides is 1. The van der Waals surface area contributed by atoms with Crippen molar-refractivity contribution in [2.24, 2.45) is 5.73 Å². The number of fused-ring (bicyclic) bond motifs is 1. The molecule has 0 aliphatic heterocycles. The van der Waals surface area contributed by atoms with Crippen LogP contribution in [0.3, 0.4) is 0 Å². The fourth-order valence-corrected chi connectivity index (χ4v) is 1.43. The molecule has 15 heavy (non-hydrogen) atoms. The predicted octanol–water partition coefficient (Wildman–Crippen LogP) is 1.15. The molecule has 2 rings (SSSR count). The lowest BCUT2D eigenvalue weighted by Crippen LogP contribution is -2.13. The van der Waals surface area contributed by atoms with Gasteiger partial charge in [-0.1, -0.05) is 18.2 Å². The van der Waals surface area contributed by atoms with E-state index in [9.17, 15) is 9.59 Å². The van der Waals surface area contributed by atoms with Crippen LogP contribution in [0.25, 0.3) is 10.9 Å². The zero-order valence-corrected chi connectivity index (χ0v) is 7.81. The molecule has 1 amide bonds. The van der Waals surface area contributed by atoms with Gasteiger partial charge in [0.05, 0.1) is 5.52 Å². The summed E-state index contributed by atoms with van der Waals surface area (Å²) in [6.07, 6.45) is 0.691. The largest absolute Gasteiger partial charge is 0.364 e. The van der Waals surface area contributed by atoms with Crippen LogP contribution in [0.1, 0.15) is 20.8 Å². The minimum absolute atomic E-state index is 0.107. The van der Waals surface area contributed by atoms with Crippen LogP contribution in [0, 0.1) is 0 Å². The maximum Gasteiger partial charge on any atom is 0.267 e. The number of hydrogen-bond donors (Lipinski definition) is 1. The number of para-hydroxylation sites is 1. The SMILES string of the molecule is NC(=O)c1cc(C=O)c2ccccc2n1. The number of aromatic nitrogens is 1. The molecule has 1 heterocycles. The van der Waals surface area contributed by atoms with E-state index in [0.717, 1.165) is 5.39 Å². The van der Waals surface area contributed by atoms with Crippen molar-refractivity contribution < 1.29 is 9.59 Å². The average Bonchev–Trinajstić information content (AvgIpc) is 2.27. The predicted molar refractivity (Wildman–Crippen MR) is 55.6 cm³/mol. The molecule has 0 aliphatic carbocycles. The molecular formula is C11H8N2O2. The molecule has 4 nitrogen and oxygen atoms in total. The number of nitrogens with two attached hydrogens (primary N) is 1. The minimum Gasteiger partial charge on any atom is -0.364 e. The van der Waals surface area contributed by atoms with E-state index in [1.54, 1.807) is 24.3 Å². The molecule has 0 radical (unpaired) electrons. The van der Waals surface area contributed by atoms with Gasteiger partial charge in [0.1, 0.15) is 5.69 Å². The smallest absolute Gasteiger partial charge is 0.267 e. The van der Waals surface area contributed by atoms with Gasteiger partial charge >= 0.3 is 0 Å². The fourth-order valence-electron chi connectivity index (χ4n) is 1.43. The summed E-state index contributed by atoms with van der Waals surface area (Å²) < 4.78 is 0. The molecule has 1 aromatic heterocycles. The number of hydrogen-bond acceptors (Lipinski definition) is 3. The molecule has 74 valence electrons. The van der Waals surface area contributed by atoms with Crippen molar-refractivity contribution >= 4 is 23.1 Å². The lowest BCUT2D eigenvalue weighted by molar-refractivity contribution is 0.0996. The molecule has 0 saturated carbocycles. The first kappa shape index (κ1) is 9.33. The summed E-state index contributed by atoms with van der Waals surface area (Å²) >= 11 is 0. The summed E-state index contributed by atoms with van der Waals surface area (Å²) in [5, 5.41) is 0.720. The van der Waals surface area contributed by atoms with Gasteiger partial charge in [-0.3, -0.25) is 9.59 Å². The Labute approximate surface area is 85.7 Å². The second kappa shape index (κ2) is 3.49. The number of nitrogens with zero attached hydrogens (tertiary/aromatic N) is 1. The van der Waals surface area contributed by atoms with Crippen LogP contribution in [0.5, 0.6) is 0 Å². The number of rotatable bonds is 2. The molecule has 4 heteroatoms. The van der Waals surface area contributed by atoms with Crippen LogP contribution in [0.4, 0.5) is 0 Å². The van der Waals surface area contributed by atoms with Gasteiger partial charge < -0.3 is 5.73 Å². The van der Waals surface area contributed by atoms with Crippen LogP contribution in [-0.4, -0.2) is 17.2 Å². The summed E-state index contributed by atoms with van der Waals surface area (Å²) in [4.78, 5) is 25.8. The van der Waals surface area contributed by atoms with Gasteiger partial charge in [-0.2, -0.15) is 0 Å². The van der Waals surface area contributed by atoms with Gasteiger partial charge in [0, 0.05) is 10.9 Å². The van der Waals surface area contributed by atoms with E-state index in [-0.39, 0.29) is 5.69 Å². The average molecular weight is 200 g/mol. The number of pyridine rings is 1. The summed E-state index contributed by atoms with van der Waals surface area (Å²) in [5.74, 6) is -0.635. The highest BCUT2D eigenvalue weighted by Crippen LogP contribution is 2.16. The molecule has 0 unspecified atom stereocenters. The van der Waals surface area contributed by atoms with E-state index in [0.29, 0.717) is 17.4 Å². The van der Waals surface area contributed by atoms with E-state index in [1.165, 1.54) is 6.07 Å². The zero-order valence-electron chi connectivity index (χ0n) is 7.81. The van der Waals surface area contributed by atoms with Gasteiger partial charge in [0.2, 0.25) is 0 Å². The second-order valence-electron chi connectivity index (χ2n) is 3.10. The molecule has 1 aromatic carbocycles. The Kier molecular flexibility index (Phi) is 2.17. The summed E-state index contributed by atoms with van der Waals surface area (Å²) in [6, 6.07) is 8.50. The summed E-state index contributed by atoms with van der Waals surface area (Å²) in [7, 11) is 0. The van der Waals surface area contributed by atoms with E-state index in [2.05, 4.69) is 4.98 Å². The third kappa shape index (κ3) is 1.57. The molecule has 0 aliphatic rings. The molecule has 0 atom stereocenters. The minimum atomic E-state index is -0.635. The Balaban J connectivity index is 2.82. The highest BCUT2D eigenvalue weighted by Gasteiger charge is 2.07. The molecular weight excluding hydrogens is 192 g/mol. The Morgan fingerprint density at radius 2 is 2.07 bits per heavy atom. The number of aldehydes is 1. The molecule has 0 saturated heterocycles. The van der Waals surface area contributed by atoms with Crippen molar-refractivity contribution in [1.29, 1.82) is 0 Å². The topological polar surface area (TPSA) is 73.1 Å². The highest BCUT2D eigenvalue weighted by atomic mass is 16.1. The standard InChI is InChI=1S/C11H8N2O2/c12-11(15)10-5-7(6-14)8-3-1-2-4-9(8)13-10/h1-6H,(H2,12,15). The third-order valence-electron chi connectivity index (χ3n) is 2.13. The van der Waals surface area contributed by atoms with Gasteiger partial charge in [-0.05, 0) is 12.1 Å². The van der Waals surface area contributed by atoms with E-state index in [4.69, 9.17) is 5.73 Å². The Hall–Kier alpha value is -2.23.